The van der Waals surface area contributed by atoms with E-state index in [4.69, 9.17) is 4.74 Å². The van der Waals surface area contributed by atoms with E-state index < -0.39 is 0 Å². The summed E-state index contributed by atoms with van der Waals surface area (Å²) in [5, 5.41) is 0. The van der Waals surface area contributed by atoms with Gasteiger partial charge in [-0.25, -0.2) is 14.8 Å². The van der Waals surface area contributed by atoms with Crippen LogP contribution in [-0.4, -0.2) is 66.2 Å². The van der Waals surface area contributed by atoms with E-state index in [9.17, 15) is 9.59 Å². The molecule has 0 saturated carbocycles. The third kappa shape index (κ3) is 4.82. The zero-order chi connectivity index (χ0) is 20.8. The quantitative estimate of drug-likeness (QED) is 0.772. The van der Waals surface area contributed by atoms with Gasteiger partial charge in [-0.2, -0.15) is 0 Å². The normalized spacial score (nSPS) is 13.9. The van der Waals surface area contributed by atoms with Crippen LogP contribution < -0.4 is 9.80 Å². The molecule has 3 rings (SSSR count). The Hall–Kier alpha value is -3.16. The number of nitrogens with zero attached hydrogens (tertiary/aromatic N) is 5. The number of carbonyl (C=O) groups excluding carboxylic acids is 2. The van der Waals surface area contributed by atoms with Gasteiger partial charge in [0.2, 0.25) is 5.95 Å². The summed E-state index contributed by atoms with van der Waals surface area (Å²) < 4.78 is 5.04. The summed E-state index contributed by atoms with van der Waals surface area (Å²) in [5.74, 6) is 0.431. The molecule has 0 radical (unpaired) electrons. The minimum absolute atomic E-state index is 0.128. The van der Waals surface area contributed by atoms with Gasteiger partial charge in [-0.05, 0) is 38.5 Å². The summed E-state index contributed by atoms with van der Waals surface area (Å²) in [7, 11) is 0. The van der Waals surface area contributed by atoms with Gasteiger partial charge in [0, 0.05) is 50.8 Å². The molecule has 0 aliphatic carbocycles. The van der Waals surface area contributed by atoms with Crippen molar-refractivity contribution < 1.29 is 14.3 Å². The van der Waals surface area contributed by atoms with E-state index >= 15 is 0 Å². The third-order valence-corrected chi connectivity index (χ3v) is 4.85. The summed E-state index contributed by atoms with van der Waals surface area (Å²) >= 11 is 0. The smallest absolute Gasteiger partial charge is 0.409 e. The lowest BCUT2D eigenvalue weighted by atomic mass is 10.2. The first kappa shape index (κ1) is 20.6. The minimum atomic E-state index is -0.287. The molecule has 0 N–H and O–H groups in total. The maximum Gasteiger partial charge on any atom is 0.409 e. The van der Waals surface area contributed by atoms with Crippen LogP contribution in [-0.2, 0) is 4.74 Å². The van der Waals surface area contributed by atoms with Crippen LogP contribution in [0.1, 0.15) is 29.8 Å². The number of aryl methyl sites for hydroxylation is 1. The fourth-order valence-corrected chi connectivity index (χ4v) is 3.29. The molecule has 1 aromatic heterocycles. The Balaban J connectivity index is 1.65. The highest BCUT2D eigenvalue weighted by atomic mass is 16.6. The predicted molar refractivity (Wildman–Crippen MR) is 111 cm³/mol. The summed E-state index contributed by atoms with van der Waals surface area (Å²) in [6.07, 6.45) is 2.85. The molecule has 2 amide bonds. The van der Waals surface area contributed by atoms with Gasteiger partial charge in [-0.15, -0.1) is 0 Å². The Morgan fingerprint density at radius 3 is 2.38 bits per heavy atom. The summed E-state index contributed by atoms with van der Waals surface area (Å²) in [6, 6.07) is 7.85. The van der Waals surface area contributed by atoms with Gasteiger partial charge in [-0.1, -0.05) is 12.1 Å². The van der Waals surface area contributed by atoms with Crippen molar-refractivity contribution in [2.45, 2.75) is 20.8 Å². The monoisotopic (exact) mass is 397 g/mol. The second kappa shape index (κ2) is 9.36. The molecule has 154 valence electrons. The fraction of sp³-hybridized carbons (Fsp3) is 0.429. The number of aromatic nitrogens is 2. The largest absolute Gasteiger partial charge is 0.450 e. The standard InChI is InChI=1S/C21H27N5O3/c1-4-26(18-8-6-7-16(3)13-18)19(27)17-14-22-20(23-15-17)24-9-11-25(12-10-24)21(28)29-5-2/h6-8,13-15H,4-5,9-12H2,1-3H3. The number of anilines is 2. The summed E-state index contributed by atoms with van der Waals surface area (Å²) in [4.78, 5) is 38.9. The van der Waals surface area contributed by atoms with Gasteiger partial charge in [0.1, 0.15) is 0 Å². The van der Waals surface area contributed by atoms with E-state index in [1.54, 1.807) is 29.1 Å². The second-order valence-corrected chi connectivity index (χ2v) is 6.83. The zero-order valence-corrected chi connectivity index (χ0v) is 17.2. The first-order chi connectivity index (χ1) is 14.0. The highest BCUT2D eigenvalue weighted by molar-refractivity contribution is 6.05. The summed E-state index contributed by atoms with van der Waals surface area (Å²) in [5.41, 5.74) is 2.40. The van der Waals surface area contributed by atoms with E-state index in [-0.39, 0.29) is 12.0 Å². The average molecular weight is 397 g/mol. The maximum absolute atomic E-state index is 12.9. The molecule has 2 aromatic rings. The van der Waals surface area contributed by atoms with Crippen LogP contribution in [0, 0.1) is 6.92 Å². The first-order valence-corrected chi connectivity index (χ1v) is 9.90. The molecule has 1 aromatic carbocycles. The first-order valence-electron chi connectivity index (χ1n) is 9.90. The number of ether oxygens (including phenoxy) is 1. The molecule has 1 fully saturated rings. The van der Waals surface area contributed by atoms with Crippen molar-refractivity contribution in [2.75, 3.05) is 49.1 Å². The Morgan fingerprint density at radius 2 is 1.79 bits per heavy atom. The number of benzene rings is 1. The van der Waals surface area contributed by atoms with Crippen LogP contribution in [0.5, 0.6) is 0 Å². The van der Waals surface area contributed by atoms with Crippen LogP contribution in [0.4, 0.5) is 16.4 Å². The van der Waals surface area contributed by atoms with Gasteiger partial charge in [-0.3, -0.25) is 4.79 Å². The molecule has 1 aliphatic rings. The molecule has 8 nitrogen and oxygen atoms in total. The van der Waals surface area contributed by atoms with Crippen LogP contribution in [0.2, 0.25) is 0 Å². The molecule has 2 heterocycles. The fourth-order valence-electron chi connectivity index (χ4n) is 3.29. The van der Waals surface area contributed by atoms with Crippen LogP contribution >= 0.6 is 0 Å². The van der Waals surface area contributed by atoms with Crippen molar-refractivity contribution in [1.82, 2.24) is 14.9 Å². The third-order valence-electron chi connectivity index (χ3n) is 4.85. The minimum Gasteiger partial charge on any atom is -0.450 e. The molecule has 1 aliphatic heterocycles. The molecule has 0 spiro atoms. The van der Waals surface area contributed by atoms with Crippen LogP contribution in [0.15, 0.2) is 36.7 Å². The Labute approximate surface area is 171 Å². The van der Waals surface area contributed by atoms with E-state index in [0.29, 0.717) is 50.8 Å². The van der Waals surface area contributed by atoms with Gasteiger partial charge < -0.3 is 19.4 Å². The van der Waals surface area contributed by atoms with E-state index in [1.165, 1.54) is 0 Å². The van der Waals surface area contributed by atoms with Gasteiger partial charge in [0.25, 0.3) is 5.91 Å². The molecule has 0 unspecified atom stereocenters. The number of hydrogen-bond donors (Lipinski definition) is 0. The molecular weight excluding hydrogens is 370 g/mol. The van der Waals surface area contributed by atoms with Crippen molar-refractivity contribution >= 4 is 23.6 Å². The number of rotatable bonds is 5. The van der Waals surface area contributed by atoms with Crippen LogP contribution in [0.3, 0.4) is 0 Å². The number of piperazine rings is 1. The average Bonchev–Trinajstić information content (AvgIpc) is 2.75. The van der Waals surface area contributed by atoms with Crippen molar-refractivity contribution in [3.63, 3.8) is 0 Å². The molecule has 29 heavy (non-hydrogen) atoms. The number of hydrogen-bond acceptors (Lipinski definition) is 6. The van der Waals surface area contributed by atoms with Crippen molar-refractivity contribution in [2.24, 2.45) is 0 Å². The van der Waals surface area contributed by atoms with Crippen molar-refractivity contribution in [1.29, 1.82) is 0 Å². The molecular formula is C21H27N5O3. The summed E-state index contributed by atoms with van der Waals surface area (Å²) in [6.45, 7) is 9.02. The van der Waals surface area contributed by atoms with E-state index in [2.05, 4.69) is 9.97 Å². The predicted octanol–water partition coefficient (Wildman–Crippen LogP) is 2.73. The highest BCUT2D eigenvalue weighted by Crippen LogP contribution is 2.19. The number of amides is 2. The molecule has 0 atom stereocenters. The van der Waals surface area contributed by atoms with Gasteiger partial charge >= 0.3 is 6.09 Å². The van der Waals surface area contributed by atoms with Crippen molar-refractivity contribution in [3.8, 4) is 0 Å². The van der Waals surface area contributed by atoms with Crippen LogP contribution in [0.25, 0.3) is 0 Å². The lowest BCUT2D eigenvalue weighted by Crippen LogP contribution is -2.49. The Bertz CT molecular complexity index is 848. The lowest BCUT2D eigenvalue weighted by molar-refractivity contribution is 0.0986. The van der Waals surface area contributed by atoms with E-state index in [1.807, 2.05) is 43.0 Å². The van der Waals surface area contributed by atoms with E-state index in [0.717, 1.165) is 11.3 Å². The molecule has 0 bridgehead atoms. The molecule has 1 saturated heterocycles. The SMILES string of the molecule is CCOC(=O)N1CCN(c2ncc(C(=O)N(CC)c3cccc(C)c3)cn2)CC1. The van der Waals surface area contributed by atoms with Gasteiger partial charge in [0.05, 0.1) is 12.2 Å². The second-order valence-electron chi connectivity index (χ2n) is 6.83. The maximum atomic E-state index is 12.9. The number of carbonyl (C=O) groups is 2. The van der Waals surface area contributed by atoms with Gasteiger partial charge in [0.15, 0.2) is 0 Å². The highest BCUT2D eigenvalue weighted by Gasteiger charge is 2.24. The zero-order valence-electron chi connectivity index (χ0n) is 17.2. The topological polar surface area (TPSA) is 78.9 Å². The lowest BCUT2D eigenvalue weighted by Gasteiger charge is -2.34. The Morgan fingerprint density at radius 1 is 1.10 bits per heavy atom. The molecule has 8 heteroatoms. The Kier molecular flexibility index (Phi) is 6.64. The van der Waals surface area contributed by atoms with Crippen molar-refractivity contribution in [3.05, 3.63) is 47.8 Å².